The minimum atomic E-state index is -1.25. The molecule has 0 saturated carbocycles. The van der Waals surface area contributed by atoms with E-state index in [4.69, 9.17) is 5.11 Å². The fraction of sp³-hybridized carbons (Fsp3) is 0.467. The van der Waals surface area contributed by atoms with Crippen LogP contribution in [0.4, 0.5) is 10.5 Å². The quantitative estimate of drug-likeness (QED) is 0.606. The summed E-state index contributed by atoms with van der Waals surface area (Å²) in [6.07, 6.45) is 1.89. The van der Waals surface area contributed by atoms with Crippen LogP contribution in [0.2, 0.25) is 0 Å². The Balaban J connectivity index is 2.59. The number of aromatic carboxylic acids is 1. The molecule has 6 heteroatoms. The molecular formula is C15H22N2O4. The Morgan fingerprint density at radius 3 is 2.43 bits per heavy atom. The van der Waals surface area contributed by atoms with Crippen molar-refractivity contribution >= 4 is 17.7 Å². The van der Waals surface area contributed by atoms with E-state index in [2.05, 4.69) is 24.5 Å². The average Bonchev–Trinajstić information content (AvgIpc) is 2.38. The van der Waals surface area contributed by atoms with Crippen molar-refractivity contribution in [3.63, 3.8) is 0 Å². The molecule has 0 aromatic heterocycles. The lowest BCUT2D eigenvalue weighted by Crippen LogP contribution is -2.36. The van der Waals surface area contributed by atoms with Crippen LogP contribution in [-0.2, 0) is 0 Å². The minimum Gasteiger partial charge on any atom is -0.507 e. The van der Waals surface area contributed by atoms with E-state index in [0.717, 1.165) is 12.8 Å². The Bertz CT molecular complexity index is 514. The molecule has 0 spiro atoms. The van der Waals surface area contributed by atoms with Crippen LogP contribution in [0.3, 0.4) is 0 Å². The number of carboxylic acids is 1. The fourth-order valence-corrected chi connectivity index (χ4v) is 1.83. The van der Waals surface area contributed by atoms with Gasteiger partial charge in [0.1, 0.15) is 11.3 Å². The van der Waals surface area contributed by atoms with Crippen LogP contribution in [0.5, 0.6) is 5.75 Å². The summed E-state index contributed by atoms with van der Waals surface area (Å²) in [4.78, 5) is 22.7. The average molecular weight is 294 g/mol. The summed E-state index contributed by atoms with van der Waals surface area (Å²) in [5.74, 6) is -1.01. The Labute approximate surface area is 124 Å². The van der Waals surface area contributed by atoms with Gasteiger partial charge in [0.15, 0.2) is 0 Å². The highest BCUT2D eigenvalue weighted by atomic mass is 16.4. The molecule has 0 radical (unpaired) electrons. The number of carboxylic acid groups (broad SMARTS) is 1. The van der Waals surface area contributed by atoms with Gasteiger partial charge in [-0.3, -0.25) is 0 Å². The monoisotopic (exact) mass is 294 g/mol. The lowest BCUT2D eigenvalue weighted by Gasteiger charge is -2.16. The second-order valence-corrected chi connectivity index (χ2v) is 5.51. The maximum absolute atomic E-state index is 11.8. The number of carbonyl (C=O) groups excluding carboxylic acids is 1. The van der Waals surface area contributed by atoms with Crippen LogP contribution in [0, 0.1) is 5.92 Å². The molecule has 1 atom stereocenters. The number of phenols is 1. The molecule has 0 bridgehead atoms. The maximum atomic E-state index is 11.8. The Kier molecular flexibility index (Phi) is 6.02. The third-order valence-electron chi connectivity index (χ3n) is 3.04. The molecule has 116 valence electrons. The molecular weight excluding hydrogens is 272 g/mol. The molecule has 2 amide bonds. The maximum Gasteiger partial charge on any atom is 0.339 e. The SMILES string of the molecule is CC(C)CCC(C)NC(=O)Nc1ccc(O)c(C(=O)O)c1. The van der Waals surface area contributed by atoms with Gasteiger partial charge in [0.05, 0.1) is 0 Å². The van der Waals surface area contributed by atoms with E-state index in [9.17, 15) is 14.7 Å². The molecule has 0 aliphatic heterocycles. The Morgan fingerprint density at radius 1 is 1.19 bits per heavy atom. The van der Waals surface area contributed by atoms with Crippen LogP contribution in [0.25, 0.3) is 0 Å². The molecule has 1 unspecified atom stereocenters. The molecule has 1 aromatic rings. The van der Waals surface area contributed by atoms with Crippen molar-refractivity contribution in [2.75, 3.05) is 5.32 Å². The van der Waals surface area contributed by atoms with Gasteiger partial charge in [-0.1, -0.05) is 13.8 Å². The fourth-order valence-electron chi connectivity index (χ4n) is 1.83. The van der Waals surface area contributed by atoms with Crippen molar-refractivity contribution in [3.05, 3.63) is 23.8 Å². The number of nitrogens with one attached hydrogen (secondary N) is 2. The summed E-state index contributed by atoms with van der Waals surface area (Å²) in [7, 11) is 0. The summed E-state index contributed by atoms with van der Waals surface area (Å²) in [5, 5.41) is 23.6. The smallest absolute Gasteiger partial charge is 0.339 e. The van der Waals surface area contributed by atoms with Crippen LogP contribution < -0.4 is 10.6 Å². The normalized spacial score (nSPS) is 12.0. The number of hydrogen-bond acceptors (Lipinski definition) is 3. The van der Waals surface area contributed by atoms with Crippen molar-refractivity contribution in [3.8, 4) is 5.75 Å². The molecule has 0 saturated heterocycles. The van der Waals surface area contributed by atoms with Gasteiger partial charge in [0.25, 0.3) is 0 Å². The van der Waals surface area contributed by atoms with E-state index < -0.39 is 12.0 Å². The van der Waals surface area contributed by atoms with Crippen molar-refractivity contribution in [2.24, 2.45) is 5.92 Å². The molecule has 0 aliphatic rings. The third-order valence-corrected chi connectivity index (χ3v) is 3.04. The molecule has 1 rings (SSSR count). The molecule has 6 nitrogen and oxygen atoms in total. The number of hydrogen-bond donors (Lipinski definition) is 4. The summed E-state index contributed by atoms with van der Waals surface area (Å²) in [6, 6.07) is 3.54. The van der Waals surface area contributed by atoms with E-state index in [-0.39, 0.29) is 17.4 Å². The predicted octanol–water partition coefficient (Wildman–Crippen LogP) is 3.04. The first-order valence-electron chi connectivity index (χ1n) is 6.93. The van der Waals surface area contributed by atoms with E-state index >= 15 is 0 Å². The minimum absolute atomic E-state index is 0.0310. The zero-order valence-corrected chi connectivity index (χ0v) is 12.5. The van der Waals surface area contributed by atoms with Gasteiger partial charge < -0.3 is 20.8 Å². The molecule has 1 aromatic carbocycles. The summed E-state index contributed by atoms with van der Waals surface area (Å²) < 4.78 is 0. The highest BCUT2D eigenvalue weighted by Crippen LogP contribution is 2.21. The number of benzene rings is 1. The zero-order valence-electron chi connectivity index (χ0n) is 12.5. The molecule has 0 fully saturated rings. The van der Waals surface area contributed by atoms with Crippen LogP contribution in [0.15, 0.2) is 18.2 Å². The first-order valence-corrected chi connectivity index (χ1v) is 6.93. The highest BCUT2D eigenvalue weighted by Gasteiger charge is 2.12. The van der Waals surface area contributed by atoms with Gasteiger partial charge in [0.2, 0.25) is 0 Å². The van der Waals surface area contributed by atoms with Gasteiger partial charge >= 0.3 is 12.0 Å². The number of carbonyl (C=O) groups is 2. The topological polar surface area (TPSA) is 98.7 Å². The van der Waals surface area contributed by atoms with E-state index in [1.807, 2.05) is 6.92 Å². The van der Waals surface area contributed by atoms with Gasteiger partial charge in [-0.25, -0.2) is 9.59 Å². The van der Waals surface area contributed by atoms with Crippen molar-refractivity contribution in [1.29, 1.82) is 0 Å². The number of amides is 2. The summed E-state index contributed by atoms with van der Waals surface area (Å²) in [6.45, 7) is 6.16. The Morgan fingerprint density at radius 2 is 1.86 bits per heavy atom. The Hall–Kier alpha value is -2.24. The van der Waals surface area contributed by atoms with Crippen LogP contribution >= 0.6 is 0 Å². The second-order valence-electron chi connectivity index (χ2n) is 5.51. The van der Waals surface area contributed by atoms with Crippen LogP contribution in [-0.4, -0.2) is 28.3 Å². The number of rotatable bonds is 6. The largest absolute Gasteiger partial charge is 0.507 e. The molecule has 0 aliphatic carbocycles. The summed E-state index contributed by atoms with van der Waals surface area (Å²) in [5.41, 5.74) is 0.0689. The summed E-state index contributed by atoms with van der Waals surface area (Å²) >= 11 is 0. The standard InChI is InChI=1S/C15H22N2O4/c1-9(2)4-5-10(3)16-15(21)17-11-6-7-13(18)12(8-11)14(19)20/h6-10,18H,4-5H2,1-3H3,(H,19,20)(H2,16,17,21). The van der Waals surface area contributed by atoms with Crippen molar-refractivity contribution < 1.29 is 19.8 Å². The van der Waals surface area contributed by atoms with Gasteiger partial charge in [-0.05, 0) is 43.9 Å². The molecule has 4 N–H and O–H groups in total. The lowest BCUT2D eigenvalue weighted by molar-refractivity contribution is 0.0693. The van der Waals surface area contributed by atoms with E-state index in [1.54, 1.807) is 0 Å². The van der Waals surface area contributed by atoms with Gasteiger partial charge in [-0.15, -0.1) is 0 Å². The number of aromatic hydroxyl groups is 1. The molecule has 21 heavy (non-hydrogen) atoms. The van der Waals surface area contributed by atoms with Crippen LogP contribution in [0.1, 0.15) is 44.0 Å². The second kappa shape index (κ2) is 7.52. The lowest BCUT2D eigenvalue weighted by atomic mass is 10.0. The van der Waals surface area contributed by atoms with E-state index in [0.29, 0.717) is 11.6 Å². The van der Waals surface area contributed by atoms with Crippen molar-refractivity contribution in [1.82, 2.24) is 5.32 Å². The van der Waals surface area contributed by atoms with Gasteiger partial charge in [-0.2, -0.15) is 0 Å². The first kappa shape index (κ1) is 16.8. The van der Waals surface area contributed by atoms with Gasteiger partial charge in [0, 0.05) is 11.7 Å². The zero-order chi connectivity index (χ0) is 16.0. The van der Waals surface area contributed by atoms with Crippen molar-refractivity contribution in [2.45, 2.75) is 39.7 Å². The number of anilines is 1. The molecule has 0 heterocycles. The van der Waals surface area contributed by atoms with E-state index in [1.165, 1.54) is 18.2 Å². The predicted molar refractivity (Wildman–Crippen MR) is 80.8 cm³/mol. The first-order chi connectivity index (χ1) is 9.79. The number of urea groups is 1. The third kappa shape index (κ3) is 5.72. The highest BCUT2D eigenvalue weighted by molar-refractivity contribution is 5.95.